The summed E-state index contributed by atoms with van der Waals surface area (Å²) < 4.78 is 6.61. The molecule has 4 heteroatoms. The Kier molecular flexibility index (Phi) is 6.03. The highest BCUT2D eigenvalue weighted by molar-refractivity contribution is 14.1. The molecule has 0 unspecified atom stereocenters. The van der Waals surface area contributed by atoms with Gasteiger partial charge in [0, 0.05) is 22.8 Å². The number of halogens is 2. The SMILES string of the molecule is Cl.N[C@H](c1ccc(I)cc1)C1CCOCC1. The van der Waals surface area contributed by atoms with E-state index in [1.165, 1.54) is 9.13 Å². The van der Waals surface area contributed by atoms with Crippen molar-refractivity contribution in [3.8, 4) is 0 Å². The Bertz CT molecular complexity index is 311. The third kappa shape index (κ3) is 3.58. The number of ether oxygens (including phenoxy) is 1. The van der Waals surface area contributed by atoms with Crippen molar-refractivity contribution in [2.24, 2.45) is 11.7 Å². The minimum atomic E-state index is 0. The molecule has 16 heavy (non-hydrogen) atoms. The summed E-state index contributed by atoms with van der Waals surface area (Å²) in [5, 5.41) is 0. The van der Waals surface area contributed by atoms with Gasteiger partial charge in [-0.1, -0.05) is 12.1 Å². The highest BCUT2D eigenvalue weighted by Crippen LogP contribution is 2.28. The van der Waals surface area contributed by atoms with Gasteiger partial charge >= 0.3 is 0 Å². The van der Waals surface area contributed by atoms with Crippen molar-refractivity contribution in [1.82, 2.24) is 0 Å². The molecule has 2 N–H and O–H groups in total. The Morgan fingerprint density at radius 1 is 1.19 bits per heavy atom. The van der Waals surface area contributed by atoms with Gasteiger partial charge < -0.3 is 10.5 Å². The smallest absolute Gasteiger partial charge is 0.0469 e. The second kappa shape index (κ2) is 6.79. The van der Waals surface area contributed by atoms with Crippen LogP contribution in [0.2, 0.25) is 0 Å². The molecule has 2 nitrogen and oxygen atoms in total. The molecule has 0 bridgehead atoms. The highest BCUT2D eigenvalue weighted by atomic mass is 127. The van der Waals surface area contributed by atoms with Gasteiger partial charge in [0.2, 0.25) is 0 Å². The number of hydrogen-bond donors (Lipinski definition) is 1. The van der Waals surface area contributed by atoms with Crippen LogP contribution in [-0.2, 0) is 4.74 Å². The zero-order valence-corrected chi connectivity index (χ0v) is 12.0. The van der Waals surface area contributed by atoms with Crippen molar-refractivity contribution in [1.29, 1.82) is 0 Å². The van der Waals surface area contributed by atoms with E-state index in [-0.39, 0.29) is 18.4 Å². The van der Waals surface area contributed by atoms with E-state index in [0.717, 1.165) is 26.1 Å². The van der Waals surface area contributed by atoms with E-state index in [0.29, 0.717) is 5.92 Å². The molecule has 1 heterocycles. The van der Waals surface area contributed by atoms with Gasteiger partial charge in [-0.05, 0) is 59.0 Å². The van der Waals surface area contributed by atoms with Gasteiger partial charge in [-0.2, -0.15) is 0 Å². The Morgan fingerprint density at radius 2 is 1.75 bits per heavy atom. The monoisotopic (exact) mass is 353 g/mol. The molecule has 1 aliphatic heterocycles. The minimum Gasteiger partial charge on any atom is -0.381 e. The van der Waals surface area contributed by atoms with Crippen molar-refractivity contribution in [3.05, 3.63) is 33.4 Å². The van der Waals surface area contributed by atoms with Crippen LogP contribution in [0, 0.1) is 9.49 Å². The zero-order chi connectivity index (χ0) is 10.7. The summed E-state index contributed by atoms with van der Waals surface area (Å²) in [7, 11) is 0. The molecule has 0 radical (unpaired) electrons. The molecule has 1 atom stereocenters. The molecule has 1 fully saturated rings. The van der Waals surface area contributed by atoms with Crippen molar-refractivity contribution >= 4 is 35.0 Å². The van der Waals surface area contributed by atoms with Crippen LogP contribution in [-0.4, -0.2) is 13.2 Å². The summed E-state index contributed by atoms with van der Waals surface area (Å²) in [5.41, 5.74) is 7.51. The quantitative estimate of drug-likeness (QED) is 0.829. The summed E-state index contributed by atoms with van der Waals surface area (Å²) in [4.78, 5) is 0. The van der Waals surface area contributed by atoms with E-state index in [1.54, 1.807) is 0 Å². The Balaban J connectivity index is 0.00000128. The first-order valence-electron chi connectivity index (χ1n) is 5.36. The molecule has 1 aromatic carbocycles. The molecule has 1 aliphatic rings. The highest BCUT2D eigenvalue weighted by Gasteiger charge is 2.21. The van der Waals surface area contributed by atoms with Crippen molar-refractivity contribution in [2.75, 3.05) is 13.2 Å². The number of nitrogens with two attached hydrogens (primary N) is 1. The van der Waals surface area contributed by atoms with Gasteiger partial charge in [0.25, 0.3) is 0 Å². The second-order valence-electron chi connectivity index (χ2n) is 4.03. The summed E-state index contributed by atoms with van der Waals surface area (Å²) in [6.45, 7) is 1.73. The van der Waals surface area contributed by atoms with Crippen LogP contribution in [0.3, 0.4) is 0 Å². The van der Waals surface area contributed by atoms with Gasteiger partial charge in [0.1, 0.15) is 0 Å². The van der Waals surface area contributed by atoms with E-state index in [1.807, 2.05) is 0 Å². The van der Waals surface area contributed by atoms with Gasteiger partial charge in [0.05, 0.1) is 0 Å². The van der Waals surface area contributed by atoms with Gasteiger partial charge in [-0.3, -0.25) is 0 Å². The summed E-state index contributed by atoms with van der Waals surface area (Å²) in [6, 6.07) is 8.69. The Morgan fingerprint density at radius 3 is 2.31 bits per heavy atom. The molecular weight excluding hydrogens is 336 g/mol. The van der Waals surface area contributed by atoms with Crippen molar-refractivity contribution in [2.45, 2.75) is 18.9 Å². The van der Waals surface area contributed by atoms with Crippen LogP contribution in [0.15, 0.2) is 24.3 Å². The third-order valence-corrected chi connectivity index (χ3v) is 3.75. The lowest BCUT2D eigenvalue weighted by atomic mass is 9.88. The molecule has 0 saturated carbocycles. The third-order valence-electron chi connectivity index (χ3n) is 3.03. The zero-order valence-electron chi connectivity index (χ0n) is 9.06. The maximum atomic E-state index is 6.26. The van der Waals surface area contributed by atoms with Crippen LogP contribution >= 0.6 is 35.0 Å². The Labute approximate surface area is 116 Å². The fraction of sp³-hybridized carbons (Fsp3) is 0.500. The predicted octanol–water partition coefficient (Wildman–Crippen LogP) is 3.14. The topological polar surface area (TPSA) is 35.2 Å². The normalized spacial score (nSPS) is 18.9. The van der Waals surface area contributed by atoms with Gasteiger partial charge in [0.15, 0.2) is 0 Å². The summed E-state index contributed by atoms with van der Waals surface area (Å²) in [5.74, 6) is 0.582. The van der Waals surface area contributed by atoms with E-state index in [4.69, 9.17) is 10.5 Å². The molecule has 1 aromatic rings. The van der Waals surface area contributed by atoms with E-state index >= 15 is 0 Å². The summed E-state index contributed by atoms with van der Waals surface area (Å²) in [6.07, 6.45) is 2.18. The maximum absolute atomic E-state index is 6.26. The maximum Gasteiger partial charge on any atom is 0.0469 e. The molecule has 0 amide bonds. The number of rotatable bonds is 2. The van der Waals surface area contributed by atoms with E-state index in [9.17, 15) is 0 Å². The fourth-order valence-corrected chi connectivity index (χ4v) is 2.39. The Hall–Kier alpha value is 0.160. The van der Waals surface area contributed by atoms with Gasteiger partial charge in [-0.25, -0.2) is 0 Å². The average molecular weight is 354 g/mol. The van der Waals surface area contributed by atoms with E-state index < -0.39 is 0 Å². The van der Waals surface area contributed by atoms with E-state index in [2.05, 4.69) is 46.9 Å². The molecular formula is C12H17ClINO. The first-order chi connectivity index (χ1) is 7.27. The van der Waals surface area contributed by atoms with Crippen LogP contribution in [0.5, 0.6) is 0 Å². The molecule has 1 saturated heterocycles. The van der Waals surface area contributed by atoms with Crippen molar-refractivity contribution in [3.63, 3.8) is 0 Å². The molecule has 0 aliphatic carbocycles. The largest absolute Gasteiger partial charge is 0.381 e. The number of benzene rings is 1. The molecule has 2 rings (SSSR count). The predicted molar refractivity (Wildman–Crippen MR) is 76.9 cm³/mol. The lowest BCUT2D eigenvalue weighted by molar-refractivity contribution is 0.0584. The fourth-order valence-electron chi connectivity index (χ4n) is 2.03. The second-order valence-corrected chi connectivity index (χ2v) is 5.27. The van der Waals surface area contributed by atoms with Crippen LogP contribution in [0.4, 0.5) is 0 Å². The van der Waals surface area contributed by atoms with Crippen LogP contribution < -0.4 is 5.73 Å². The first-order valence-corrected chi connectivity index (χ1v) is 6.44. The van der Waals surface area contributed by atoms with Gasteiger partial charge in [-0.15, -0.1) is 12.4 Å². The standard InChI is InChI=1S/C12H16INO.ClH/c13-11-3-1-9(2-4-11)12(14)10-5-7-15-8-6-10;/h1-4,10,12H,5-8,14H2;1H/t12-;/m1./s1. The minimum absolute atomic E-state index is 0. The lowest BCUT2D eigenvalue weighted by Gasteiger charge is -2.27. The first kappa shape index (κ1) is 14.2. The molecule has 90 valence electrons. The summed E-state index contributed by atoms with van der Waals surface area (Å²) >= 11 is 2.31. The average Bonchev–Trinajstić information content (AvgIpc) is 2.30. The number of hydrogen-bond acceptors (Lipinski definition) is 2. The van der Waals surface area contributed by atoms with Crippen LogP contribution in [0.1, 0.15) is 24.4 Å². The molecule has 0 aromatic heterocycles. The lowest BCUT2D eigenvalue weighted by Crippen LogP contribution is -2.27. The molecule has 0 spiro atoms. The van der Waals surface area contributed by atoms with Crippen LogP contribution in [0.25, 0.3) is 0 Å². The van der Waals surface area contributed by atoms with Crippen molar-refractivity contribution < 1.29 is 4.74 Å².